The van der Waals surface area contributed by atoms with Crippen molar-refractivity contribution >= 4 is 22.9 Å². The molecule has 0 saturated heterocycles. The highest BCUT2D eigenvalue weighted by Crippen LogP contribution is 2.26. The van der Waals surface area contributed by atoms with Gasteiger partial charge in [0.25, 0.3) is 5.91 Å². The lowest BCUT2D eigenvalue weighted by molar-refractivity contribution is 0.0954. The molecule has 1 N–H and O–H groups in total. The van der Waals surface area contributed by atoms with Crippen molar-refractivity contribution in [3.63, 3.8) is 0 Å². The van der Waals surface area contributed by atoms with Gasteiger partial charge in [-0.1, -0.05) is 48.5 Å². The number of benzene rings is 3. The smallest absolute Gasteiger partial charge is 0.271 e. The number of carbonyl (C=O) groups is 1. The fourth-order valence-electron chi connectivity index (χ4n) is 2.63. The molecule has 0 atom stereocenters. The van der Waals surface area contributed by atoms with Gasteiger partial charge >= 0.3 is 0 Å². The van der Waals surface area contributed by atoms with Gasteiger partial charge in [-0.2, -0.15) is 5.10 Å². The Morgan fingerprint density at radius 1 is 1.04 bits per heavy atom. The molecule has 0 spiro atoms. The summed E-state index contributed by atoms with van der Waals surface area (Å²) < 4.78 is 5.41. The van der Waals surface area contributed by atoms with Crippen molar-refractivity contribution in [3.05, 3.63) is 77.4 Å². The molecule has 0 heterocycles. The second-order valence-corrected chi connectivity index (χ2v) is 5.42. The molecule has 0 aromatic heterocycles. The predicted molar refractivity (Wildman–Crippen MR) is 96.7 cm³/mol. The maximum absolute atomic E-state index is 12.2. The quantitative estimate of drug-likeness (QED) is 0.585. The number of nitrogens with one attached hydrogen (secondary N) is 1. The normalized spacial score (nSPS) is 10.9. The highest BCUT2D eigenvalue weighted by atomic mass is 16.5. The first-order chi connectivity index (χ1) is 11.7. The molecule has 4 nitrogen and oxygen atoms in total. The number of hydrogen-bond donors (Lipinski definition) is 1. The van der Waals surface area contributed by atoms with E-state index in [0.29, 0.717) is 11.3 Å². The van der Waals surface area contributed by atoms with Crippen LogP contribution in [0.1, 0.15) is 21.5 Å². The number of ether oxygens (including phenoxy) is 1. The number of aryl methyl sites for hydroxylation is 1. The van der Waals surface area contributed by atoms with E-state index < -0.39 is 0 Å². The Bertz CT molecular complexity index is 916. The average molecular weight is 318 g/mol. The number of fused-ring (bicyclic) bond motifs is 1. The summed E-state index contributed by atoms with van der Waals surface area (Å²) >= 11 is 0. The summed E-state index contributed by atoms with van der Waals surface area (Å²) in [4.78, 5) is 12.2. The highest BCUT2D eigenvalue weighted by molar-refractivity contribution is 6.03. The van der Waals surface area contributed by atoms with Crippen molar-refractivity contribution in [2.75, 3.05) is 7.11 Å². The first kappa shape index (κ1) is 15.7. The van der Waals surface area contributed by atoms with Crippen LogP contribution in [0, 0.1) is 6.92 Å². The molecular weight excluding hydrogens is 300 g/mol. The minimum Gasteiger partial charge on any atom is -0.496 e. The Labute approximate surface area is 140 Å². The fraction of sp³-hybridized carbons (Fsp3) is 0.100. The van der Waals surface area contributed by atoms with Gasteiger partial charge in [0, 0.05) is 11.1 Å². The molecule has 120 valence electrons. The SMILES string of the molecule is COc1ccc2ccccc2c1C=NNC(=O)c1ccccc1C. The lowest BCUT2D eigenvalue weighted by atomic mass is 10.0. The maximum atomic E-state index is 12.2. The van der Waals surface area contributed by atoms with Crippen LogP contribution in [0.15, 0.2) is 65.8 Å². The molecule has 0 aliphatic carbocycles. The Morgan fingerprint density at radius 3 is 2.58 bits per heavy atom. The molecule has 0 radical (unpaired) electrons. The van der Waals surface area contributed by atoms with Gasteiger partial charge in [-0.15, -0.1) is 0 Å². The van der Waals surface area contributed by atoms with Crippen LogP contribution in [0.5, 0.6) is 5.75 Å². The molecule has 4 heteroatoms. The maximum Gasteiger partial charge on any atom is 0.271 e. The van der Waals surface area contributed by atoms with Gasteiger partial charge in [-0.05, 0) is 35.4 Å². The molecule has 3 aromatic carbocycles. The highest BCUT2D eigenvalue weighted by Gasteiger charge is 2.08. The number of hydrazone groups is 1. The number of hydrogen-bond acceptors (Lipinski definition) is 3. The third-order valence-corrected chi connectivity index (χ3v) is 3.90. The van der Waals surface area contributed by atoms with Crippen molar-refractivity contribution in [1.82, 2.24) is 5.43 Å². The van der Waals surface area contributed by atoms with E-state index in [1.165, 1.54) is 0 Å². The van der Waals surface area contributed by atoms with E-state index in [1.54, 1.807) is 19.4 Å². The van der Waals surface area contributed by atoms with Crippen LogP contribution in [0.25, 0.3) is 10.8 Å². The van der Waals surface area contributed by atoms with Crippen LogP contribution in [-0.2, 0) is 0 Å². The lowest BCUT2D eigenvalue weighted by Crippen LogP contribution is -2.18. The first-order valence-corrected chi connectivity index (χ1v) is 7.65. The van der Waals surface area contributed by atoms with E-state index in [4.69, 9.17) is 4.74 Å². The Morgan fingerprint density at radius 2 is 1.79 bits per heavy atom. The molecule has 3 rings (SSSR count). The summed E-state index contributed by atoms with van der Waals surface area (Å²) in [5.74, 6) is 0.478. The van der Waals surface area contributed by atoms with E-state index in [-0.39, 0.29) is 5.91 Å². The van der Waals surface area contributed by atoms with Crippen LogP contribution in [-0.4, -0.2) is 19.2 Å². The van der Waals surface area contributed by atoms with Crippen LogP contribution in [0.3, 0.4) is 0 Å². The van der Waals surface area contributed by atoms with Gasteiger partial charge in [0.1, 0.15) is 5.75 Å². The molecule has 1 amide bonds. The lowest BCUT2D eigenvalue weighted by Gasteiger charge is -2.08. The van der Waals surface area contributed by atoms with E-state index in [2.05, 4.69) is 10.5 Å². The summed E-state index contributed by atoms with van der Waals surface area (Å²) in [6.45, 7) is 1.90. The summed E-state index contributed by atoms with van der Waals surface area (Å²) in [7, 11) is 1.62. The summed E-state index contributed by atoms with van der Waals surface area (Å²) in [5, 5.41) is 6.22. The largest absolute Gasteiger partial charge is 0.496 e. The van der Waals surface area contributed by atoms with Gasteiger partial charge in [0.2, 0.25) is 0 Å². The number of rotatable bonds is 4. The minimum absolute atomic E-state index is 0.233. The minimum atomic E-state index is -0.233. The van der Waals surface area contributed by atoms with Gasteiger partial charge in [-0.3, -0.25) is 4.79 Å². The topological polar surface area (TPSA) is 50.7 Å². The van der Waals surface area contributed by atoms with Crippen molar-refractivity contribution in [2.45, 2.75) is 6.92 Å². The summed E-state index contributed by atoms with van der Waals surface area (Å²) in [5.41, 5.74) is 4.93. The number of carbonyl (C=O) groups excluding carboxylic acids is 1. The Balaban J connectivity index is 1.88. The van der Waals surface area contributed by atoms with Crippen molar-refractivity contribution in [3.8, 4) is 5.75 Å². The van der Waals surface area contributed by atoms with Crippen LogP contribution < -0.4 is 10.2 Å². The summed E-state index contributed by atoms with van der Waals surface area (Å²) in [6, 6.07) is 19.3. The molecule has 0 aliphatic rings. The number of nitrogens with zero attached hydrogens (tertiary/aromatic N) is 1. The molecule has 3 aromatic rings. The second-order valence-electron chi connectivity index (χ2n) is 5.42. The monoisotopic (exact) mass is 318 g/mol. The molecule has 0 unspecified atom stereocenters. The average Bonchev–Trinajstić information content (AvgIpc) is 2.62. The van der Waals surface area contributed by atoms with E-state index in [0.717, 1.165) is 21.9 Å². The molecule has 24 heavy (non-hydrogen) atoms. The van der Waals surface area contributed by atoms with Crippen molar-refractivity contribution in [2.24, 2.45) is 5.10 Å². The van der Waals surface area contributed by atoms with E-state index in [1.807, 2.05) is 61.5 Å². The molecule has 0 aliphatic heterocycles. The van der Waals surface area contributed by atoms with Crippen LogP contribution in [0.4, 0.5) is 0 Å². The molecular formula is C20H18N2O2. The number of amides is 1. The molecule has 0 fully saturated rings. The summed E-state index contributed by atoms with van der Waals surface area (Å²) in [6.07, 6.45) is 1.62. The number of methoxy groups -OCH3 is 1. The fourth-order valence-corrected chi connectivity index (χ4v) is 2.63. The zero-order chi connectivity index (χ0) is 16.9. The molecule has 0 bridgehead atoms. The van der Waals surface area contributed by atoms with Gasteiger partial charge < -0.3 is 4.74 Å². The van der Waals surface area contributed by atoms with Gasteiger partial charge in [0.15, 0.2) is 0 Å². The first-order valence-electron chi connectivity index (χ1n) is 7.65. The second kappa shape index (κ2) is 6.96. The standard InChI is InChI=1S/C20H18N2O2/c1-14-7-3-5-9-16(14)20(23)22-21-13-18-17-10-6-4-8-15(17)11-12-19(18)24-2/h3-13H,1-2H3,(H,22,23). The van der Waals surface area contributed by atoms with Crippen molar-refractivity contribution in [1.29, 1.82) is 0 Å². The van der Waals surface area contributed by atoms with Crippen LogP contribution in [0.2, 0.25) is 0 Å². The van der Waals surface area contributed by atoms with Crippen molar-refractivity contribution < 1.29 is 9.53 Å². The molecule has 0 saturated carbocycles. The predicted octanol–water partition coefficient (Wildman–Crippen LogP) is 3.92. The van der Waals surface area contributed by atoms with E-state index in [9.17, 15) is 4.79 Å². The third kappa shape index (κ3) is 3.13. The third-order valence-electron chi connectivity index (χ3n) is 3.90. The zero-order valence-corrected chi connectivity index (χ0v) is 13.6. The Kier molecular flexibility index (Phi) is 4.57. The van der Waals surface area contributed by atoms with Gasteiger partial charge in [-0.25, -0.2) is 5.43 Å². The Hall–Kier alpha value is -3.14. The van der Waals surface area contributed by atoms with Crippen LogP contribution >= 0.6 is 0 Å². The zero-order valence-electron chi connectivity index (χ0n) is 13.6. The van der Waals surface area contributed by atoms with Gasteiger partial charge in [0.05, 0.1) is 13.3 Å². The van der Waals surface area contributed by atoms with E-state index >= 15 is 0 Å².